The van der Waals surface area contributed by atoms with Gasteiger partial charge in [0.15, 0.2) is 11.6 Å². The van der Waals surface area contributed by atoms with Crippen LogP contribution in [-0.4, -0.2) is 56.0 Å². The minimum Gasteiger partial charge on any atom is -0.494 e. The van der Waals surface area contributed by atoms with Gasteiger partial charge < -0.3 is 14.5 Å². The van der Waals surface area contributed by atoms with Gasteiger partial charge in [0.05, 0.1) is 17.7 Å². The van der Waals surface area contributed by atoms with E-state index < -0.39 is 5.82 Å². The Morgan fingerprint density at radius 2 is 1.95 bits per heavy atom. The van der Waals surface area contributed by atoms with Crippen LogP contribution < -0.4 is 4.74 Å². The van der Waals surface area contributed by atoms with Crippen molar-refractivity contribution in [2.75, 3.05) is 40.3 Å². The summed E-state index contributed by atoms with van der Waals surface area (Å²) < 4.78 is 19.0. The normalized spacial score (nSPS) is 16.5. The van der Waals surface area contributed by atoms with Gasteiger partial charge in [-0.05, 0) is 19.2 Å². The predicted octanol–water partition coefficient (Wildman–Crippen LogP) is 1.88. The Hall–Kier alpha value is -1.33. The topological polar surface area (TPSA) is 32.8 Å². The first-order valence-electron chi connectivity index (χ1n) is 6.04. The van der Waals surface area contributed by atoms with Crippen molar-refractivity contribution >= 4 is 17.5 Å². The van der Waals surface area contributed by atoms with Gasteiger partial charge in [-0.1, -0.05) is 11.6 Å². The summed E-state index contributed by atoms with van der Waals surface area (Å²) in [7, 11) is 3.34. The van der Waals surface area contributed by atoms with Crippen molar-refractivity contribution < 1.29 is 13.9 Å². The number of piperazine rings is 1. The van der Waals surface area contributed by atoms with Crippen molar-refractivity contribution in [1.29, 1.82) is 0 Å². The zero-order valence-corrected chi connectivity index (χ0v) is 11.7. The molecule has 2 rings (SSSR count). The molecular weight excluding hydrogens is 271 g/mol. The molecule has 1 heterocycles. The van der Waals surface area contributed by atoms with Crippen LogP contribution in [-0.2, 0) is 0 Å². The average molecular weight is 287 g/mol. The van der Waals surface area contributed by atoms with Gasteiger partial charge in [0.1, 0.15) is 0 Å². The number of halogens is 2. The van der Waals surface area contributed by atoms with Gasteiger partial charge in [0.25, 0.3) is 5.91 Å². The largest absolute Gasteiger partial charge is 0.494 e. The first-order valence-corrected chi connectivity index (χ1v) is 6.42. The highest BCUT2D eigenvalue weighted by atomic mass is 35.5. The van der Waals surface area contributed by atoms with E-state index in [0.29, 0.717) is 13.1 Å². The third-order valence-electron chi connectivity index (χ3n) is 3.28. The van der Waals surface area contributed by atoms with Gasteiger partial charge in [-0.2, -0.15) is 0 Å². The summed E-state index contributed by atoms with van der Waals surface area (Å²) in [6, 6.07) is 2.89. The van der Waals surface area contributed by atoms with Gasteiger partial charge in [-0.25, -0.2) is 4.39 Å². The average Bonchev–Trinajstić information content (AvgIpc) is 2.39. The van der Waals surface area contributed by atoms with Crippen molar-refractivity contribution in [3.05, 3.63) is 28.5 Å². The fraction of sp³-hybridized carbons (Fsp3) is 0.462. The Bertz CT molecular complexity index is 488. The first-order chi connectivity index (χ1) is 9.04. The molecular formula is C13H16ClFN2O2. The summed E-state index contributed by atoms with van der Waals surface area (Å²) in [6.07, 6.45) is 0. The third-order valence-corrected chi connectivity index (χ3v) is 3.59. The molecule has 1 aliphatic heterocycles. The molecule has 0 spiro atoms. The molecule has 104 valence electrons. The summed E-state index contributed by atoms with van der Waals surface area (Å²) in [5.41, 5.74) is -0.106. The van der Waals surface area contributed by atoms with E-state index in [0.717, 1.165) is 13.1 Å². The Morgan fingerprint density at radius 1 is 1.32 bits per heavy atom. The van der Waals surface area contributed by atoms with E-state index in [1.165, 1.54) is 19.2 Å². The molecule has 1 aliphatic rings. The SMILES string of the molecule is COc1ccc(Cl)c(C(=O)N2CCN(C)CC2)c1F. The minimum absolute atomic E-state index is 0.0295. The Balaban J connectivity index is 2.28. The predicted molar refractivity (Wildman–Crippen MR) is 71.4 cm³/mol. The number of hydrogen-bond donors (Lipinski definition) is 0. The fourth-order valence-corrected chi connectivity index (χ4v) is 2.28. The number of benzene rings is 1. The maximum absolute atomic E-state index is 14.1. The number of ether oxygens (including phenoxy) is 1. The molecule has 0 unspecified atom stereocenters. The fourth-order valence-electron chi connectivity index (χ4n) is 2.05. The molecule has 19 heavy (non-hydrogen) atoms. The molecule has 1 amide bonds. The van der Waals surface area contributed by atoms with E-state index in [2.05, 4.69) is 4.90 Å². The molecule has 0 N–H and O–H groups in total. The highest BCUT2D eigenvalue weighted by Gasteiger charge is 2.26. The summed E-state index contributed by atoms with van der Waals surface area (Å²) >= 11 is 5.95. The third kappa shape index (κ3) is 2.82. The number of nitrogens with zero attached hydrogens (tertiary/aromatic N) is 2. The lowest BCUT2D eigenvalue weighted by molar-refractivity contribution is 0.0659. The molecule has 1 aromatic rings. The van der Waals surface area contributed by atoms with Crippen molar-refractivity contribution in [1.82, 2.24) is 9.80 Å². The first kappa shape index (κ1) is 14.1. The van der Waals surface area contributed by atoms with E-state index in [1.807, 2.05) is 7.05 Å². The Morgan fingerprint density at radius 3 is 2.53 bits per heavy atom. The number of carbonyl (C=O) groups is 1. The lowest BCUT2D eigenvalue weighted by atomic mass is 10.1. The van der Waals surface area contributed by atoms with Gasteiger partial charge in [0, 0.05) is 26.2 Å². The quantitative estimate of drug-likeness (QED) is 0.832. The number of methoxy groups -OCH3 is 1. The highest BCUT2D eigenvalue weighted by molar-refractivity contribution is 6.34. The maximum atomic E-state index is 14.1. The van der Waals surface area contributed by atoms with Crippen molar-refractivity contribution in [2.24, 2.45) is 0 Å². The summed E-state index contributed by atoms with van der Waals surface area (Å²) in [6.45, 7) is 2.69. The molecule has 0 atom stereocenters. The smallest absolute Gasteiger partial charge is 0.258 e. The van der Waals surface area contributed by atoms with Gasteiger partial charge in [-0.15, -0.1) is 0 Å². The molecule has 1 fully saturated rings. The van der Waals surface area contributed by atoms with E-state index in [-0.39, 0.29) is 22.2 Å². The van der Waals surface area contributed by atoms with Crippen LogP contribution in [0.3, 0.4) is 0 Å². The summed E-state index contributed by atoms with van der Waals surface area (Å²) in [5.74, 6) is -1.05. The standard InChI is InChI=1S/C13H16ClFN2O2/c1-16-5-7-17(8-6-16)13(18)11-9(14)3-4-10(19-2)12(11)15/h3-4H,5-8H2,1-2H3. The van der Waals surface area contributed by atoms with Crippen LogP contribution in [0.2, 0.25) is 5.02 Å². The van der Waals surface area contributed by atoms with Crippen LogP contribution in [0.5, 0.6) is 5.75 Å². The number of carbonyl (C=O) groups excluding carboxylic acids is 1. The summed E-state index contributed by atoms with van der Waals surface area (Å²) in [4.78, 5) is 16.1. The Labute approximate surface area is 116 Å². The van der Waals surface area contributed by atoms with Crippen LogP contribution in [0.25, 0.3) is 0 Å². The number of likely N-dealkylation sites (N-methyl/N-ethyl adjacent to an activating group) is 1. The van der Waals surface area contributed by atoms with Crippen LogP contribution in [0.15, 0.2) is 12.1 Å². The van der Waals surface area contributed by atoms with E-state index in [9.17, 15) is 9.18 Å². The molecule has 0 bridgehead atoms. The van der Waals surface area contributed by atoms with Crippen molar-refractivity contribution in [3.63, 3.8) is 0 Å². The van der Waals surface area contributed by atoms with Crippen molar-refractivity contribution in [2.45, 2.75) is 0 Å². The number of hydrogen-bond acceptors (Lipinski definition) is 3. The zero-order valence-electron chi connectivity index (χ0n) is 10.9. The van der Waals surface area contributed by atoms with E-state index in [4.69, 9.17) is 16.3 Å². The molecule has 1 aromatic carbocycles. The van der Waals surface area contributed by atoms with E-state index >= 15 is 0 Å². The van der Waals surface area contributed by atoms with Gasteiger partial charge >= 0.3 is 0 Å². The van der Waals surface area contributed by atoms with Crippen LogP contribution in [0, 0.1) is 5.82 Å². The Kier molecular flexibility index (Phi) is 4.27. The van der Waals surface area contributed by atoms with Crippen molar-refractivity contribution in [3.8, 4) is 5.75 Å². The summed E-state index contributed by atoms with van der Waals surface area (Å²) in [5, 5.41) is 0.113. The zero-order chi connectivity index (χ0) is 14.0. The molecule has 0 aromatic heterocycles. The second-order valence-electron chi connectivity index (χ2n) is 4.53. The lowest BCUT2D eigenvalue weighted by Gasteiger charge is -2.32. The number of amides is 1. The van der Waals surface area contributed by atoms with Gasteiger partial charge in [0.2, 0.25) is 0 Å². The monoisotopic (exact) mass is 286 g/mol. The van der Waals surface area contributed by atoms with Crippen LogP contribution in [0.4, 0.5) is 4.39 Å². The van der Waals surface area contributed by atoms with E-state index in [1.54, 1.807) is 4.90 Å². The molecule has 0 saturated carbocycles. The highest BCUT2D eigenvalue weighted by Crippen LogP contribution is 2.28. The number of rotatable bonds is 2. The molecule has 0 aliphatic carbocycles. The molecule has 0 radical (unpaired) electrons. The lowest BCUT2D eigenvalue weighted by Crippen LogP contribution is -2.47. The van der Waals surface area contributed by atoms with Crippen LogP contribution in [0.1, 0.15) is 10.4 Å². The molecule has 1 saturated heterocycles. The molecule has 4 nitrogen and oxygen atoms in total. The maximum Gasteiger partial charge on any atom is 0.258 e. The van der Waals surface area contributed by atoms with Crippen LogP contribution >= 0.6 is 11.6 Å². The second kappa shape index (κ2) is 5.75. The van der Waals surface area contributed by atoms with Gasteiger partial charge in [-0.3, -0.25) is 4.79 Å². The minimum atomic E-state index is -0.695. The molecule has 6 heteroatoms. The second-order valence-corrected chi connectivity index (χ2v) is 4.94.